The summed E-state index contributed by atoms with van der Waals surface area (Å²) in [7, 11) is 0. The molecule has 0 bridgehead atoms. The number of carbonyl (C=O) groups excluding carboxylic acids is 2. The van der Waals surface area contributed by atoms with Crippen LogP contribution in [0.3, 0.4) is 0 Å². The van der Waals surface area contributed by atoms with Gasteiger partial charge >= 0.3 is 18.2 Å². The Morgan fingerprint density at radius 1 is 0.800 bits per heavy atom. The fraction of sp³-hybridized carbons (Fsp3) is 0.238. The molecule has 4 N–H and O–H groups in total. The Kier molecular flexibility index (Phi) is 8.85. The number of nitrogens with one attached hydrogen (secondary N) is 3. The molecule has 2 rings (SSSR count). The molecule has 0 aromatic heterocycles. The third-order valence-corrected chi connectivity index (χ3v) is 3.92. The zero-order valence-corrected chi connectivity index (χ0v) is 16.2. The summed E-state index contributed by atoms with van der Waals surface area (Å²) >= 11 is 0. The van der Waals surface area contributed by atoms with E-state index in [1.165, 1.54) is 0 Å². The van der Waals surface area contributed by atoms with Crippen LogP contribution in [0.15, 0.2) is 54.6 Å². The number of carboxylic acid groups (broad SMARTS) is 1. The van der Waals surface area contributed by atoms with E-state index < -0.39 is 24.1 Å². The van der Waals surface area contributed by atoms with Crippen molar-refractivity contribution in [2.24, 2.45) is 0 Å². The minimum absolute atomic E-state index is 0.0209. The van der Waals surface area contributed by atoms with Crippen LogP contribution in [0, 0.1) is 5.41 Å². The third-order valence-electron chi connectivity index (χ3n) is 3.92. The highest BCUT2D eigenvalue weighted by molar-refractivity contribution is 5.99. The molecule has 0 radical (unpaired) electrons. The van der Waals surface area contributed by atoms with Crippen molar-refractivity contribution < 1.29 is 29.0 Å². The van der Waals surface area contributed by atoms with Crippen LogP contribution in [-0.4, -0.2) is 29.2 Å². The number of rotatable bonds is 8. The first-order valence-electron chi connectivity index (χ1n) is 9.22. The van der Waals surface area contributed by atoms with Gasteiger partial charge in [-0.15, -0.1) is 0 Å². The summed E-state index contributed by atoms with van der Waals surface area (Å²) in [6.45, 7) is 0.0175. The van der Waals surface area contributed by atoms with Crippen LogP contribution in [0.1, 0.15) is 29.5 Å². The minimum atomic E-state index is -0.895. The van der Waals surface area contributed by atoms with Gasteiger partial charge in [0.1, 0.15) is 13.2 Å². The van der Waals surface area contributed by atoms with Crippen LogP contribution in [0.4, 0.5) is 9.59 Å². The van der Waals surface area contributed by atoms with Crippen LogP contribution >= 0.6 is 0 Å². The van der Waals surface area contributed by atoms with Gasteiger partial charge in [-0.2, -0.15) is 0 Å². The molecule has 0 saturated carbocycles. The van der Waals surface area contributed by atoms with E-state index in [9.17, 15) is 14.4 Å². The molecule has 9 nitrogen and oxygen atoms in total. The maximum atomic E-state index is 11.7. The number of aliphatic carboxylic acids is 1. The summed E-state index contributed by atoms with van der Waals surface area (Å²) in [6, 6.07) is 16.3. The molecule has 0 fully saturated rings. The van der Waals surface area contributed by atoms with E-state index in [0.717, 1.165) is 16.7 Å². The van der Waals surface area contributed by atoms with Crippen molar-refractivity contribution in [1.29, 1.82) is 5.41 Å². The highest BCUT2D eigenvalue weighted by Gasteiger charge is 2.10. The molecule has 0 aliphatic rings. The lowest BCUT2D eigenvalue weighted by atomic mass is 10.1. The Morgan fingerprint density at radius 2 is 1.30 bits per heavy atom. The SMILES string of the molecule is N=C(NC(=O)OCc1ccccc1)NC(=O)OCc1ccc(CCCC(=O)O)cc1. The van der Waals surface area contributed by atoms with E-state index in [-0.39, 0.29) is 19.6 Å². The first-order chi connectivity index (χ1) is 14.4. The highest BCUT2D eigenvalue weighted by Crippen LogP contribution is 2.09. The van der Waals surface area contributed by atoms with Crippen molar-refractivity contribution >= 4 is 24.1 Å². The van der Waals surface area contributed by atoms with Crippen LogP contribution in [0.5, 0.6) is 0 Å². The summed E-state index contributed by atoms with van der Waals surface area (Å²) in [4.78, 5) is 33.9. The lowest BCUT2D eigenvalue weighted by molar-refractivity contribution is -0.137. The van der Waals surface area contributed by atoms with Crippen molar-refractivity contribution in [1.82, 2.24) is 10.6 Å². The molecule has 0 atom stereocenters. The second kappa shape index (κ2) is 11.8. The molecule has 0 saturated heterocycles. The number of amides is 2. The van der Waals surface area contributed by atoms with Gasteiger partial charge in [-0.05, 0) is 29.5 Å². The molecular formula is C21H23N3O6. The number of hydrogen-bond acceptors (Lipinski definition) is 6. The van der Waals surface area contributed by atoms with Gasteiger partial charge < -0.3 is 14.6 Å². The number of carboxylic acids is 1. The van der Waals surface area contributed by atoms with Crippen molar-refractivity contribution in [3.05, 3.63) is 71.3 Å². The van der Waals surface area contributed by atoms with Crippen molar-refractivity contribution in [2.75, 3.05) is 0 Å². The molecule has 0 unspecified atom stereocenters. The second-order valence-electron chi connectivity index (χ2n) is 6.33. The first-order valence-corrected chi connectivity index (χ1v) is 9.22. The number of ether oxygens (including phenoxy) is 2. The molecule has 0 aliphatic carbocycles. The molecule has 0 heterocycles. The van der Waals surface area contributed by atoms with Crippen molar-refractivity contribution in [3.63, 3.8) is 0 Å². The van der Waals surface area contributed by atoms with Gasteiger partial charge in [0.2, 0.25) is 5.96 Å². The molecule has 0 aliphatic heterocycles. The zero-order chi connectivity index (χ0) is 21.8. The fourth-order valence-corrected chi connectivity index (χ4v) is 2.43. The molecule has 0 spiro atoms. The highest BCUT2D eigenvalue weighted by atomic mass is 16.6. The van der Waals surface area contributed by atoms with E-state index >= 15 is 0 Å². The smallest absolute Gasteiger partial charge is 0.414 e. The Bertz CT molecular complexity index is 868. The summed E-state index contributed by atoms with van der Waals surface area (Å²) in [5.74, 6) is -1.39. The van der Waals surface area contributed by atoms with Gasteiger partial charge in [-0.3, -0.25) is 20.8 Å². The lowest BCUT2D eigenvalue weighted by Gasteiger charge is -2.10. The summed E-state index contributed by atoms with van der Waals surface area (Å²) in [6.07, 6.45) is -0.449. The quantitative estimate of drug-likeness (QED) is 0.387. The van der Waals surface area contributed by atoms with Crippen LogP contribution in [0.25, 0.3) is 0 Å². The largest absolute Gasteiger partial charge is 0.481 e. The van der Waals surface area contributed by atoms with Gasteiger partial charge in [-0.1, -0.05) is 54.6 Å². The molecule has 158 valence electrons. The molecular weight excluding hydrogens is 390 g/mol. The number of alkyl carbamates (subject to hydrolysis) is 2. The van der Waals surface area contributed by atoms with Crippen molar-refractivity contribution in [3.8, 4) is 0 Å². The molecule has 2 aromatic rings. The number of aryl methyl sites for hydroxylation is 1. The monoisotopic (exact) mass is 413 g/mol. The predicted octanol–water partition coefficient (Wildman–Crippen LogP) is 3.18. The van der Waals surface area contributed by atoms with Crippen LogP contribution in [0.2, 0.25) is 0 Å². The van der Waals surface area contributed by atoms with Crippen LogP contribution < -0.4 is 10.6 Å². The molecule has 9 heteroatoms. The van der Waals surface area contributed by atoms with E-state index in [2.05, 4.69) is 10.6 Å². The zero-order valence-electron chi connectivity index (χ0n) is 16.2. The Morgan fingerprint density at radius 3 is 1.83 bits per heavy atom. The fourth-order valence-electron chi connectivity index (χ4n) is 2.43. The topological polar surface area (TPSA) is 138 Å². The number of guanidine groups is 1. The van der Waals surface area contributed by atoms with Gasteiger partial charge in [0, 0.05) is 6.42 Å². The molecule has 2 aromatic carbocycles. The van der Waals surface area contributed by atoms with Gasteiger partial charge in [0.25, 0.3) is 0 Å². The number of benzene rings is 2. The maximum absolute atomic E-state index is 11.7. The lowest BCUT2D eigenvalue weighted by Crippen LogP contribution is -2.43. The van der Waals surface area contributed by atoms with Gasteiger partial charge in [0.05, 0.1) is 0 Å². The Labute approximate surface area is 173 Å². The van der Waals surface area contributed by atoms with Crippen LogP contribution in [-0.2, 0) is 33.9 Å². The predicted molar refractivity (Wildman–Crippen MR) is 108 cm³/mol. The van der Waals surface area contributed by atoms with E-state index in [1.807, 2.05) is 30.3 Å². The number of hydrogen-bond donors (Lipinski definition) is 4. The second-order valence-corrected chi connectivity index (χ2v) is 6.33. The Hall–Kier alpha value is -3.88. The third kappa shape index (κ3) is 8.87. The molecule has 2 amide bonds. The van der Waals surface area contributed by atoms with Crippen molar-refractivity contribution in [2.45, 2.75) is 32.5 Å². The summed E-state index contributed by atoms with van der Waals surface area (Å²) < 4.78 is 9.95. The summed E-state index contributed by atoms with van der Waals surface area (Å²) in [5, 5.41) is 20.4. The normalized spacial score (nSPS) is 10.0. The van der Waals surface area contributed by atoms with E-state index in [0.29, 0.717) is 12.8 Å². The maximum Gasteiger partial charge on any atom is 0.414 e. The standard InChI is InChI=1S/C21H23N3O6/c22-19(23-20(27)29-13-16-5-2-1-3-6-16)24-21(28)30-14-17-11-9-15(10-12-17)7-4-8-18(25)26/h1-3,5-6,9-12H,4,7-8,13-14H2,(H,25,26)(H3,22,23,24,27,28). The van der Waals surface area contributed by atoms with E-state index in [4.69, 9.17) is 20.0 Å². The number of carbonyl (C=O) groups is 3. The average Bonchev–Trinajstić information content (AvgIpc) is 2.72. The minimum Gasteiger partial charge on any atom is -0.481 e. The van der Waals surface area contributed by atoms with E-state index in [1.54, 1.807) is 24.3 Å². The van der Waals surface area contributed by atoms with Gasteiger partial charge in [-0.25, -0.2) is 9.59 Å². The average molecular weight is 413 g/mol. The Balaban J connectivity index is 1.65. The summed E-state index contributed by atoms with van der Waals surface area (Å²) in [5.41, 5.74) is 2.51. The molecule has 30 heavy (non-hydrogen) atoms. The first kappa shape index (κ1) is 22.4. The van der Waals surface area contributed by atoms with Gasteiger partial charge in [0.15, 0.2) is 0 Å².